The lowest BCUT2D eigenvalue weighted by molar-refractivity contribution is -0.917. The number of carboxylic acids is 1. The van der Waals surface area contributed by atoms with Gasteiger partial charge in [-0.25, -0.2) is 4.79 Å². The van der Waals surface area contributed by atoms with Gasteiger partial charge < -0.3 is 5.11 Å². The molecule has 0 aliphatic heterocycles. The van der Waals surface area contributed by atoms with Crippen molar-refractivity contribution in [2.75, 3.05) is 21.1 Å². The number of carbonyl (C=O) groups is 2. The van der Waals surface area contributed by atoms with Crippen molar-refractivity contribution in [3.05, 3.63) is 12.7 Å². The molecule has 0 radical (unpaired) electrons. The number of hydrogen-bond donors (Lipinski definition) is 2. The number of carbonyl (C=O) groups excluding carboxylic acids is 1. The second-order valence-electron chi connectivity index (χ2n) is 4.62. The van der Waals surface area contributed by atoms with Gasteiger partial charge in [-0.15, -0.1) is 0 Å². The maximum absolute atomic E-state index is 11.4. The van der Waals surface area contributed by atoms with Gasteiger partial charge in [0.1, 0.15) is 0 Å². The summed E-state index contributed by atoms with van der Waals surface area (Å²) in [7, 11) is 5.23. The standard InChI is InChI=1S/C11H20N2O3/c1-6-8-11(10(15)16,13(3,4)5)12-9(14)7-2/h7H,2,6,8H2,1,3-5H3,(H-,12,14,15,16)/p+1. The Hall–Kier alpha value is -1.36. The Kier molecular flexibility index (Phi) is 4.68. The smallest absolute Gasteiger partial charge is 0.388 e. The Morgan fingerprint density at radius 2 is 1.94 bits per heavy atom. The molecular formula is C11H21N2O3+. The average Bonchev–Trinajstić information content (AvgIpc) is 2.14. The molecule has 0 aromatic heterocycles. The number of quaternary nitrogens is 1. The Morgan fingerprint density at radius 3 is 2.19 bits per heavy atom. The number of likely N-dealkylation sites (N-methyl/N-ethyl adjacent to an activating group) is 1. The predicted octanol–water partition coefficient (Wildman–Crippen LogP) is 0.576. The van der Waals surface area contributed by atoms with Crippen LogP contribution in [0.2, 0.25) is 0 Å². The number of aliphatic carboxylic acids is 1. The van der Waals surface area contributed by atoms with E-state index in [0.717, 1.165) is 6.08 Å². The van der Waals surface area contributed by atoms with Crippen LogP contribution in [-0.4, -0.2) is 48.3 Å². The monoisotopic (exact) mass is 229 g/mol. The molecule has 0 aromatic rings. The largest absolute Gasteiger partial charge is 0.475 e. The maximum Gasteiger partial charge on any atom is 0.388 e. The molecule has 1 unspecified atom stereocenters. The summed E-state index contributed by atoms with van der Waals surface area (Å²) in [5, 5.41) is 11.9. The van der Waals surface area contributed by atoms with Gasteiger partial charge in [-0.3, -0.25) is 14.6 Å². The molecule has 1 amide bonds. The summed E-state index contributed by atoms with van der Waals surface area (Å²) in [5.74, 6) is -1.50. The van der Waals surface area contributed by atoms with E-state index in [1.807, 2.05) is 6.92 Å². The van der Waals surface area contributed by atoms with Crippen molar-refractivity contribution >= 4 is 11.9 Å². The second-order valence-corrected chi connectivity index (χ2v) is 4.62. The fourth-order valence-corrected chi connectivity index (χ4v) is 1.63. The molecule has 2 N–H and O–H groups in total. The first-order chi connectivity index (χ1) is 7.21. The van der Waals surface area contributed by atoms with Crippen LogP contribution in [0.3, 0.4) is 0 Å². The zero-order valence-electron chi connectivity index (χ0n) is 10.4. The van der Waals surface area contributed by atoms with Crippen LogP contribution in [0.5, 0.6) is 0 Å². The van der Waals surface area contributed by atoms with Gasteiger partial charge in [0.05, 0.1) is 21.1 Å². The van der Waals surface area contributed by atoms with Crippen LogP contribution in [0.1, 0.15) is 19.8 Å². The quantitative estimate of drug-likeness (QED) is 0.397. The van der Waals surface area contributed by atoms with Crippen LogP contribution in [-0.2, 0) is 9.59 Å². The number of rotatable bonds is 6. The molecule has 0 rings (SSSR count). The Labute approximate surface area is 96.3 Å². The summed E-state index contributed by atoms with van der Waals surface area (Å²) in [5.41, 5.74) is -1.31. The molecule has 0 bridgehead atoms. The fraction of sp³-hybridized carbons (Fsp3) is 0.636. The SMILES string of the molecule is C=CC(=O)NC(CCC)(C(=O)O)[N+](C)(C)C. The average molecular weight is 229 g/mol. The van der Waals surface area contributed by atoms with Crippen LogP contribution >= 0.6 is 0 Å². The molecule has 0 saturated carbocycles. The molecule has 0 aromatic carbocycles. The highest BCUT2D eigenvalue weighted by Crippen LogP contribution is 2.22. The van der Waals surface area contributed by atoms with Crippen molar-refractivity contribution in [2.24, 2.45) is 0 Å². The molecule has 0 spiro atoms. The van der Waals surface area contributed by atoms with Gasteiger partial charge in [0.15, 0.2) is 0 Å². The molecule has 5 heteroatoms. The van der Waals surface area contributed by atoms with Gasteiger partial charge in [0.25, 0.3) is 5.66 Å². The van der Waals surface area contributed by atoms with Crippen LogP contribution in [0.15, 0.2) is 12.7 Å². The van der Waals surface area contributed by atoms with Crippen LogP contribution < -0.4 is 5.32 Å². The predicted molar refractivity (Wildman–Crippen MR) is 61.6 cm³/mol. The van der Waals surface area contributed by atoms with Gasteiger partial charge in [-0.05, 0) is 12.5 Å². The van der Waals surface area contributed by atoms with Gasteiger partial charge >= 0.3 is 5.97 Å². The third kappa shape index (κ3) is 2.82. The normalized spacial score (nSPS) is 15.0. The van der Waals surface area contributed by atoms with E-state index in [4.69, 9.17) is 0 Å². The van der Waals surface area contributed by atoms with E-state index in [1.54, 1.807) is 21.1 Å². The fourth-order valence-electron chi connectivity index (χ4n) is 1.63. The summed E-state index contributed by atoms with van der Waals surface area (Å²) in [4.78, 5) is 22.8. The van der Waals surface area contributed by atoms with E-state index in [0.29, 0.717) is 12.8 Å². The maximum atomic E-state index is 11.4. The lowest BCUT2D eigenvalue weighted by Crippen LogP contribution is -2.70. The van der Waals surface area contributed by atoms with E-state index in [-0.39, 0.29) is 4.48 Å². The summed E-state index contributed by atoms with van der Waals surface area (Å²) < 4.78 is 0.121. The van der Waals surface area contributed by atoms with E-state index < -0.39 is 17.5 Å². The van der Waals surface area contributed by atoms with E-state index in [9.17, 15) is 14.7 Å². The Morgan fingerprint density at radius 1 is 1.44 bits per heavy atom. The van der Waals surface area contributed by atoms with E-state index >= 15 is 0 Å². The number of hydrogen-bond acceptors (Lipinski definition) is 2. The number of nitrogens with one attached hydrogen (secondary N) is 1. The molecule has 5 nitrogen and oxygen atoms in total. The molecule has 92 valence electrons. The van der Waals surface area contributed by atoms with E-state index in [2.05, 4.69) is 11.9 Å². The molecule has 0 heterocycles. The highest BCUT2D eigenvalue weighted by Gasteiger charge is 2.51. The molecule has 0 saturated heterocycles. The zero-order valence-corrected chi connectivity index (χ0v) is 10.4. The van der Waals surface area contributed by atoms with Crippen molar-refractivity contribution in [2.45, 2.75) is 25.4 Å². The van der Waals surface area contributed by atoms with Gasteiger partial charge in [0.2, 0.25) is 5.91 Å². The van der Waals surface area contributed by atoms with Crippen molar-refractivity contribution in [3.63, 3.8) is 0 Å². The van der Waals surface area contributed by atoms with Crippen molar-refractivity contribution in [1.82, 2.24) is 5.32 Å². The molecule has 0 fully saturated rings. The first-order valence-corrected chi connectivity index (χ1v) is 5.20. The highest BCUT2D eigenvalue weighted by molar-refractivity contribution is 5.91. The number of carboxylic acid groups (broad SMARTS) is 1. The van der Waals surface area contributed by atoms with E-state index in [1.165, 1.54) is 0 Å². The van der Waals surface area contributed by atoms with Crippen LogP contribution in [0, 0.1) is 0 Å². The van der Waals surface area contributed by atoms with Gasteiger partial charge in [-0.2, -0.15) is 0 Å². The summed E-state index contributed by atoms with van der Waals surface area (Å²) >= 11 is 0. The van der Waals surface area contributed by atoms with Crippen LogP contribution in [0.4, 0.5) is 0 Å². The first kappa shape index (κ1) is 14.6. The zero-order chi connectivity index (χ0) is 13.0. The summed E-state index contributed by atoms with van der Waals surface area (Å²) in [6, 6.07) is 0. The van der Waals surface area contributed by atoms with Crippen molar-refractivity contribution in [3.8, 4) is 0 Å². The van der Waals surface area contributed by atoms with Gasteiger partial charge in [-0.1, -0.05) is 13.5 Å². The van der Waals surface area contributed by atoms with Crippen molar-refractivity contribution in [1.29, 1.82) is 0 Å². The Balaban J connectivity index is 5.35. The number of amides is 1. The second kappa shape index (κ2) is 5.12. The Bertz CT molecular complexity index is 294. The topological polar surface area (TPSA) is 66.4 Å². The molecule has 16 heavy (non-hydrogen) atoms. The van der Waals surface area contributed by atoms with Crippen LogP contribution in [0.25, 0.3) is 0 Å². The molecule has 0 aliphatic carbocycles. The lowest BCUT2D eigenvalue weighted by Gasteiger charge is -2.42. The third-order valence-corrected chi connectivity index (χ3v) is 2.63. The highest BCUT2D eigenvalue weighted by atomic mass is 16.4. The first-order valence-electron chi connectivity index (χ1n) is 5.20. The molecule has 1 atom stereocenters. The minimum atomic E-state index is -1.31. The minimum absolute atomic E-state index is 0.121. The lowest BCUT2D eigenvalue weighted by atomic mass is 10.0. The molecule has 0 aliphatic rings. The summed E-state index contributed by atoms with van der Waals surface area (Å²) in [6.45, 7) is 5.22. The third-order valence-electron chi connectivity index (χ3n) is 2.63. The minimum Gasteiger partial charge on any atom is -0.475 e. The van der Waals surface area contributed by atoms with Gasteiger partial charge in [0, 0.05) is 6.42 Å². The number of nitrogens with zero attached hydrogens (tertiary/aromatic N) is 1. The summed E-state index contributed by atoms with van der Waals surface area (Å²) in [6.07, 6.45) is 2.12. The van der Waals surface area contributed by atoms with Crippen molar-refractivity contribution < 1.29 is 19.2 Å². The molecular weight excluding hydrogens is 208 g/mol.